The van der Waals surface area contributed by atoms with Gasteiger partial charge in [0.2, 0.25) is 10.0 Å². The monoisotopic (exact) mass is 391 g/mol. The van der Waals surface area contributed by atoms with Gasteiger partial charge in [-0.15, -0.1) is 0 Å². The van der Waals surface area contributed by atoms with E-state index in [-0.39, 0.29) is 28.1 Å². The first-order valence-corrected chi connectivity index (χ1v) is 10.0. The predicted octanol–water partition coefficient (Wildman–Crippen LogP) is 3.62. The second-order valence-electron chi connectivity index (χ2n) is 6.74. The first-order valence-electron chi connectivity index (χ1n) is 8.16. The summed E-state index contributed by atoms with van der Waals surface area (Å²) in [5.74, 6) is 0. The molecule has 0 fully saturated rings. The third-order valence-electron chi connectivity index (χ3n) is 3.98. The maximum absolute atomic E-state index is 12.5. The second kappa shape index (κ2) is 8.19. The van der Waals surface area contributed by atoms with Crippen molar-refractivity contribution in [3.63, 3.8) is 0 Å². The summed E-state index contributed by atoms with van der Waals surface area (Å²) < 4.78 is 27.6. The summed E-state index contributed by atoms with van der Waals surface area (Å²) in [6, 6.07) is 16.0. The zero-order valence-electron chi connectivity index (χ0n) is 15.0. The lowest BCUT2D eigenvalue weighted by atomic mass is 10.0. The summed E-state index contributed by atoms with van der Waals surface area (Å²) in [5, 5.41) is 12.4. The molecule has 0 aliphatic rings. The fourth-order valence-corrected chi connectivity index (χ4v) is 4.10. The molecule has 0 radical (unpaired) electrons. The molecule has 0 spiro atoms. The molecule has 0 aliphatic carbocycles. The summed E-state index contributed by atoms with van der Waals surface area (Å²) in [5.41, 5.74) is 0.894. The molecule has 138 valence electrons. The van der Waals surface area contributed by atoms with E-state index in [1.807, 2.05) is 57.2 Å². The van der Waals surface area contributed by atoms with Crippen molar-refractivity contribution in [1.29, 1.82) is 5.26 Å². The third kappa shape index (κ3) is 5.29. The minimum absolute atomic E-state index is 0.0356. The van der Waals surface area contributed by atoms with Gasteiger partial charge in [0.15, 0.2) is 0 Å². The number of benzene rings is 2. The van der Waals surface area contributed by atoms with Crippen LogP contribution in [0.5, 0.6) is 0 Å². The number of nitrogens with one attached hydrogen (secondary N) is 2. The van der Waals surface area contributed by atoms with Crippen LogP contribution in [0.25, 0.3) is 0 Å². The van der Waals surface area contributed by atoms with Gasteiger partial charge in [-0.2, -0.15) is 5.26 Å². The predicted molar refractivity (Wildman–Crippen MR) is 103 cm³/mol. The Labute approximate surface area is 160 Å². The summed E-state index contributed by atoms with van der Waals surface area (Å²) in [4.78, 5) is 0.0356. The van der Waals surface area contributed by atoms with Crippen LogP contribution in [0.3, 0.4) is 0 Å². The number of hydrogen-bond acceptors (Lipinski definition) is 4. The van der Waals surface area contributed by atoms with Gasteiger partial charge in [-0.1, -0.05) is 41.9 Å². The van der Waals surface area contributed by atoms with E-state index in [1.165, 1.54) is 18.2 Å². The van der Waals surface area contributed by atoms with Crippen LogP contribution in [0.2, 0.25) is 5.02 Å². The average molecular weight is 392 g/mol. The lowest BCUT2D eigenvalue weighted by molar-refractivity contribution is 0.346. The summed E-state index contributed by atoms with van der Waals surface area (Å²) in [7, 11) is -3.73. The Kier molecular flexibility index (Phi) is 6.43. The zero-order chi connectivity index (χ0) is 19.4. The molecule has 2 rings (SSSR count). The lowest BCUT2D eigenvalue weighted by Crippen LogP contribution is -2.49. The van der Waals surface area contributed by atoms with Crippen LogP contribution >= 0.6 is 11.6 Å². The van der Waals surface area contributed by atoms with Gasteiger partial charge in [0.1, 0.15) is 6.07 Å². The minimum atomic E-state index is -3.73. The fraction of sp³-hybridized carbons (Fsp3) is 0.316. The molecule has 1 atom stereocenters. The van der Waals surface area contributed by atoms with Crippen molar-refractivity contribution in [1.82, 2.24) is 10.0 Å². The zero-order valence-corrected chi connectivity index (χ0v) is 16.5. The Bertz CT molecular complexity index is 906. The van der Waals surface area contributed by atoms with Crippen molar-refractivity contribution >= 4 is 21.6 Å². The third-order valence-corrected chi connectivity index (χ3v) is 5.69. The molecule has 2 aromatic carbocycles. The van der Waals surface area contributed by atoms with Crippen LogP contribution in [0, 0.1) is 11.3 Å². The smallest absolute Gasteiger partial charge is 0.240 e. The Morgan fingerprint density at radius 3 is 2.42 bits per heavy atom. The van der Waals surface area contributed by atoms with E-state index in [4.69, 9.17) is 16.9 Å². The van der Waals surface area contributed by atoms with E-state index in [2.05, 4.69) is 10.0 Å². The molecule has 0 bridgehead atoms. The molecule has 1 unspecified atom stereocenters. The number of nitrogens with zero attached hydrogens (tertiary/aromatic N) is 1. The van der Waals surface area contributed by atoms with Crippen molar-refractivity contribution in [2.24, 2.45) is 0 Å². The molecule has 0 aliphatic heterocycles. The van der Waals surface area contributed by atoms with Crippen molar-refractivity contribution < 1.29 is 8.42 Å². The van der Waals surface area contributed by atoms with E-state index in [1.54, 1.807) is 0 Å². The van der Waals surface area contributed by atoms with Gasteiger partial charge < -0.3 is 5.32 Å². The molecule has 0 saturated carbocycles. The number of rotatable bonds is 7. The molecule has 0 heterocycles. The van der Waals surface area contributed by atoms with Crippen LogP contribution in [0.1, 0.15) is 37.9 Å². The normalized spacial score (nSPS) is 13.2. The van der Waals surface area contributed by atoms with Crippen LogP contribution in [-0.4, -0.2) is 20.5 Å². The van der Waals surface area contributed by atoms with Gasteiger partial charge in [-0.25, -0.2) is 13.1 Å². The molecule has 2 aromatic rings. The summed E-state index contributed by atoms with van der Waals surface area (Å²) in [6.45, 7) is 6.09. The molecule has 2 N–H and O–H groups in total. The average Bonchev–Trinajstić information content (AvgIpc) is 2.60. The van der Waals surface area contributed by atoms with E-state index in [0.29, 0.717) is 0 Å². The molecule has 7 heteroatoms. The van der Waals surface area contributed by atoms with Gasteiger partial charge in [0.25, 0.3) is 0 Å². The van der Waals surface area contributed by atoms with E-state index in [9.17, 15) is 8.42 Å². The van der Waals surface area contributed by atoms with Crippen LogP contribution in [0.15, 0.2) is 53.4 Å². The highest BCUT2D eigenvalue weighted by molar-refractivity contribution is 7.89. The van der Waals surface area contributed by atoms with Crippen molar-refractivity contribution in [3.8, 4) is 6.07 Å². The first kappa shape index (κ1) is 20.4. The Morgan fingerprint density at radius 1 is 1.19 bits per heavy atom. The van der Waals surface area contributed by atoms with Gasteiger partial charge >= 0.3 is 0 Å². The van der Waals surface area contributed by atoms with Crippen molar-refractivity contribution in [3.05, 3.63) is 64.7 Å². The topological polar surface area (TPSA) is 82.0 Å². The number of halogens is 1. The SMILES string of the molecule is CC(NC(C)(C)CNS(=O)(=O)c1ccc(C#N)c(Cl)c1)c1ccccc1. The Morgan fingerprint density at radius 2 is 1.85 bits per heavy atom. The van der Waals surface area contributed by atoms with Gasteiger partial charge in [0, 0.05) is 18.1 Å². The Balaban J connectivity index is 2.06. The van der Waals surface area contributed by atoms with Gasteiger partial charge in [0.05, 0.1) is 15.5 Å². The maximum atomic E-state index is 12.5. The number of nitriles is 1. The lowest BCUT2D eigenvalue weighted by Gasteiger charge is -2.30. The van der Waals surface area contributed by atoms with E-state index in [0.717, 1.165) is 5.56 Å². The number of sulfonamides is 1. The van der Waals surface area contributed by atoms with E-state index < -0.39 is 15.6 Å². The molecule has 5 nitrogen and oxygen atoms in total. The molecular formula is C19H22ClN3O2S. The summed E-state index contributed by atoms with van der Waals surface area (Å²) >= 11 is 5.94. The highest BCUT2D eigenvalue weighted by Crippen LogP contribution is 2.21. The Hall–Kier alpha value is -1.91. The van der Waals surface area contributed by atoms with E-state index >= 15 is 0 Å². The van der Waals surface area contributed by atoms with Gasteiger partial charge in [-0.05, 0) is 44.5 Å². The maximum Gasteiger partial charge on any atom is 0.240 e. The highest BCUT2D eigenvalue weighted by atomic mass is 35.5. The fourth-order valence-electron chi connectivity index (χ4n) is 2.57. The molecule has 0 aromatic heterocycles. The van der Waals surface area contributed by atoms with Crippen LogP contribution in [0.4, 0.5) is 0 Å². The van der Waals surface area contributed by atoms with Crippen molar-refractivity contribution in [2.45, 2.75) is 37.2 Å². The van der Waals surface area contributed by atoms with Crippen molar-refractivity contribution in [2.75, 3.05) is 6.54 Å². The number of hydrogen-bond donors (Lipinski definition) is 2. The standard InChI is InChI=1S/C19H22ClN3O2S/c1-14(15-7-5-4-6-8-15)23-19(2,3)13-22-26(24,25)17-10-9-16(12-21)18(20)11-17/h4-11,14,22-23H,13H2,1-3H3. The molecular weight excluding hydrogens is 370 g/mol. The highest BCUT2D eigenvalue weighted by Gasteiger charge is 2.24. The molecule has 26 heavy (non-hydrogen) atoms. The van der Waals surface area contributed by atoms with Crippen LogP contribution in [-0.2, 0) is 10.0 Å². The second-order valence-corrected chi connectivity index (χ2v) is 8.91. The largest absolute Gasteiger partial charge is 0.304 e. The minimum Gasteiger partial charge on any atom is -0.304 e. The quantitative estimate of drug-likeness (QED) is 0.755. The van der Waals surface area contributed by atoms with Gasteiger partial charge in [-0.3, -0.25) is 0 Å². The molecule has 0 amide bonds. The first-order chi connectivity index (χ1) is 12.1. The summed E-state index contributed by atoms with van der Waals surface area (Å²) in [6.07, 6.45) is 0. The molecule has 0 saturated heterocycles. The van der Waals surface area contributed by atoms with Crippen LogP contribution < -0.4 is 10.0 Å².